The number of benzene rings is 2. The molecular formula is C24H25ClN6O5. The van der Waals surface area contributed by atoms with Gasteiger partial charge < -0.3 is 19.1 Å². The monoisotopic (exact) mass is 512 g/mol. The maximum Gasteiger partial charge on any atom is 0.329 e. The summed E-state index contributed by atoms with van der Waals surface area (Å²) >= 11 is 5.96. The molecule has 0 saturated carbocycles. The highest BCUT2D eigenvalue weighted by Crippen LogP contribution is 2.19. The quantitative estimate of drug-likeness (QED) is 0.231. The van der Waals surface area contributed by atoms with Crippen molar-refractivity contribution in [3.05, 3.63) is 80.0 Å². The SMILES string of the molecule is COc1ccc(OC[C@@H](O)Cn2c(N/N=C(/C)c3ccc(Cl)cc3)nc3c2c(=O)[nH]c(=O)n3C)cc1. The number of nitrogens with one attached hydrogen (secondary N) is 2. The molecule has 0 unspecified atom stereocenters. The lowest BCUT2D eigenvalue weighted by atomic mass is 10.1. The number of fused-ring (bicyclic) bond motifs is 1. The fourth-order valence-electron chi connectivity index (χ4n) is 3.51. The first kappa shape index (κ1) is 25.0. The van der Waals surface area contributed by atoms with E-state index < -0.39 is 17.4 Å². The number of hydrogen-bond acceptors (Lipinski definition) is 8. The number of aliphatic hydroxyl groups excluding tert-OH is 1. The molecule has 188 valence electrons. The van der Waals surface area contributed by atoms with Crippen molar-refractivity contribution >= 4 is 34.4 Å². The molecule has 0 aliphatic rings. The van der Waals surface area contributed by atoms with Crippen LogP contribution in [0.1, 0.15) is 12.5 Å². The number of H-pyrrole nitrogens is 1. The number of aromatic nitrogens is 4. The first-order valence-corrected chi connectivity index (χ1v) is 11.4. The number of hydrazone groups is 1. The Morgan fingerprint density at radius 2 is 1.83 bits per heavy atom. The zero-order valence-corrected chi connectivity index (χ0v) is 20.6. The Morgan fingerprint density at radius 3 is 2.50 bits per heavy atom. The average molecular weight is 513 g/mol. The summed E-state index contributed by atoms with van der Waals surface area (Å²) < 4.78 is 13.5. The highest BCUT2D eigenvalue weighted by Gasteiger charge is 2.20. The number of methoxy groups -OCH3 is 1. The van der Waals surface area contributed by atoms with E-state index in [0.717, 1.165) is 5.56 Å². The van der Waals surface area contributed by atoms with Crippen LogP contribution in [0.2, 0.25) is 5.02 Å². The Kier molecular flexibility index (Phi) is 7.41. The number of halogens is 1. The van der Waals surface area contributed by atoms with Crippen molar-refractivity contribution < 1.29 is 14.6 Å². The van der Waals surface area contributed by atoms with E-state index in [1.54, 1.807) is 50.4 Å². The second kappa shape index (κ2) is 10.7. The Balaban J connectivity index is 1.62. The van der Waals surface area contributed by atoms with Crippen molar-refractivity contribution in [1.82, 2.24) is 19.1 Å². The van der Waals surface area contributed by atoms with Crippen molar-refractivity contribution in [2.24, 2.45) is 12.1 Å². The lowest BCUT2D eigenvalue weighted by molar-refractivity contribution is 0.0938. The van der Waals surface area contributed by atoms with Crippen LogP contribution in [0.15, 0.2) is 63.2 Å². The summed E-state index contributed by atoms with van der Waals surface area (Å²) in [6.45, 7) is 1.69. The molecule has 1 atom stereocenters. The predicted octanol–water partition coefficient (Wildman–Crippen LogP) is 2.36. The summed E-state index contributed by atoms with van der Waals surface area (Å²) in [5.41, 5.74) is 3.34. The van der Waals surface area contributed by atoms with Crippen LogP contribution in [0.5, 0.6) is 11.5 Å². The number of nitrogens with zero attached hydrogens (tertiary/aromatic N) is 4. The molecule has 2 aromatic carbocycles. The van der Waals surface area contributed by atoms with Gasteiger partial charge in [0.2, 0.25) is 5.95 Å². The maximum absolute atomic E-state index is 12.7. The van der Waals surface area contributed by atoms with Gasteiger partial charge in [0.25, 0.3) is 5.56 Å². The lowest BCUT2D eigenvalue weighted by Crippen LogP contribution is -2.30. The molecule has 2 heterocycles. The molecule has 0 aliphatic heterocycles. The van der Waals surface area contributed by atoms with Crippen molar-refractivity contribution in [2.45, 2.75) is 19.6 Å². The van der Waals surface area contributed by atoms with Crippen LogP contribution in [0.4, 0.5) is 5.95 Å². The zero-order chi connectivity index (χ0) is 25.8. The van der Waals surface area contributed by atoms with Gasteiger partial charge in [-0.3, -0.25) is 14.3 Å². The van der Waals surface area contributed by atoms with E-state index in [1.165, 1.54) is 16.2 Å². The van der Waals surface area contributed by atoms with E-state index >= 15 is 0 Å². The minimum Gasteiger partial charge on any atom is -0.497 e. The van der Waals surface area contributed by atoms with Gasteiger partial charge in [-0.05, 0) is 48.9 Å². The molecule has 4 rings (SSSR count). The molecule has 0 amide bonds. The fourth-order valence-corrected chi connectivity index (χ4v) is 3.64. The summed E-state index contributed by atoms with van der Waals surface area (Å²) in [6.07, 6.45) is -1.01. The van der Waals surface area contributed by atoms with Gasteiger partial charge in [0, 0.05) is 12.1 Å². The Hall–Kier alpha value is -4.09. The van der Waals surface area contributed by atoms with Crippen molar-refractivity contribution in [3.8, 4) is 11.5 Å². The van der Waals surface area contributed by atoms with Crippen molar-refractivity contribution in [2.75, 3.05) is 19.1 Å². The predicted molar refractivity (Wildman–Crippen MR) is 137 cm³/mol. The third kappa shape index (κ3) is 5.42. The van der Waals surface area contributed by atoms with Gasteiger partial charge in [-0.1, -0.05) is 23.7 Å². The number of aliphatic hydroxyl groups is 1. The van der Waals surface area contributed by atoms with Gasteiger partial charge in [-0.2, -0.15) is 10.1 Å². The minimum absolute atomic E-state index is 0.0498. The van der Waals surface area contributed by atoms with E-state index in [0.29, 0.717) is 22.2 Å². The van der Waals surface area contributed by atoms with Crippen molar-refractivity contribution in [1.29, 1.82) is 0 Å². The van der Waals surface area contributed by atoms with E-state index in [-0.39, 0.29) is 30.3 Å². The maximum atomic E-state index is 12.7. The van der Waals surface area contributed by atoms with Gasteiger partial charge in [0.15, 0.2) is 11.2 Å². The van der Waals surface area contributed by atoms with Gasteiger partial charge in [0.05, 0.1) is 19.4 Å². The molecule has 11 nitrogen and oxygen atoms in total. The van der Waals surface area contributed by atoms with Crippen LogP contribution in [0.3, 0.4) is 0 Å². The Labute approximate surface area is 210 Å². The molecule has 0 radical (unpaired) electrons. The van der Waals surface area contributed by atoms with Crippen molar-refractivity contribution in [3.63, 3.8) is 0 Å². The molecule has 2 aromatic heterocycles. The summed E-state index contributed by atoms with van der Waals surface area (Å²) in [5.74, 6) is 1.41. The fraction of sp³-hybridized carbons (Fsp3) is 0.250. The van der Waals surface area contributed by atoms with Gasteiger partial charge in [0.1, 0.15) is 24.2 Å². The first-order chi connectivity index (χ1) is 17.3. The largest absolute Gasteiger partial charge is 0.497 e. The van der Waals surface area contributed by atoms with Crippen LogP contribution in [0.25, 0.3) is 11.2 Å². The molecule has 4 aromatic rings. The van der Waals surface area contributed by atoms with E-state index in [4.69, 9.17) is 21.1 Å². The van der Waals surface area contributed by atoms with Crippen LogP contribution in [-0.4, -0.2) is 49.7 Å². The second-order valence-corrected chi connectivity index (χ2v) is 8.43. The zero-order valence-electron chi connectivity index (χ0n) is 19.9. The molecule has 36 heavy (non-hydrogen) atoms. The number of anilines is 1. The summed E-state index contributed by atoms with van der Waals surface area (Å²) in [6, 6.07) is 14.1. The van der Waals surface area contributed by atoms with Gasteiger partial charge in [-0.15, -0.1) is 0 Å². The smallest absolute Gasteiger partial charge is 0.329 e. The topological polar surface area (TPSA) is 136 Å². The molecule has 0 fully saturated rings. The molecule has 0 aliphatic carbocycles. The Bertz CT molecular complexity index is 1510. The van der Waals surface area contributed by atoms with E-state index in [2.05, 4.69) is 20.5 Å². The third-order valence-corrected chi connectivity index (χ3v) is 5.74. The molecule has 12 heteroatoms. The number of aromatic amines is 1. The summed E-state index contributed by atoms with van der Waals surface area (Å²) in [5, 5.41) is 15.7. The van der Waals surface area contributed by atoms with Crippen LogP contribution in [0, 0.1) is 0 Å². The number of aryl methyl sites for hydroxylation is 1. The first-order valence-electron chi connectivity index (χ1n) is 11.0. The van der Waals surface area contributed by atoms with Crippen LogP contribution in [-0.2, 0) is 13.6 Å². The number of imidazole rings is 1. The molecule has 0 bridgehead atoms. The molecular weight excluding hydrogens is 488 g/mol. The normalized spacial score (nSPS) is 12.5. The summed E-state index contributed by atoms with van der Waals surface area (Å²) in [7, 11) is 3.06. The van der Waals surface area contributed by atoms with Crippen LogP contribution < -0.4 is 26.1 Å². The number of rotatable bonds is 9. The molecule has 3 N–H and O–H groups in total. The second-order valence-electron chi connectivity index (χ2n) is 7.99. The lowest BCUT2D eigenvalue weighted by Gasteiger charge is -2.15. The number of ether oxygens (including phenoxy) is 2. The third-order valence-electron chi connectivity index (χ3n) is 5.49. The standard InChI is InChI=1S/C24H25ClN6O5/c1-14(15-4-6-16(25)7-5-15)28-29-23-26-21-20(22(33)27-24(34)30(21)2)31(23)12-17(32)13-36-19-10-8-18(35-3)9-11-19/h4-11,17,32H,12-13H2,1-3H3,(H,26,29)(H,27,33,34)/b28-14-/t17-/m0/s1. The minimum atomic E-state index is -1.01. The molecule has 0 spiro atoms. The highest BCUT2D eigenvalue weighted by molar-refractivity contribution is 6.30. The van der Waals surface area contributed by atoms with E-state index in [1.807, 2.05) is 12.1 Å². The van der Waals surface area contributed by atoms with E-state index in [9.17, 15) is 14.7 Å². The summed E-state index contributed by atoms with van der Waals surface area (Å²) in [4.78, 5) is 31.4. The van der Waals surface area contributed by atoms with Gasteiger partial charge >= 0.3 is 5.69 Å². The highest BCUT2D eigenvalue weighted by atomic mass is 35.5. The molecule has 0 saturated heterocycles. The van der Waals surface area contributed by atoms with Crippen LogP contribution >= 0.6 is 11.6 Å². The number of hydrogen-bond donors (Lipinski definition) is 3. The van der Waals surface area contributed by atoms with Gasteiger partial charge in [-0.25, -0.2) is 10.2 Å². The Morgan fingerprint density at radius 1 is 1.17 bits per heavy atom. The average Bonchev–Trinajstić information content (AvgIpc) is 3.24.